The number of hydrogen-bond acceptors (Lipinski definition) is 3. The Balaban J connectivity index is 3.17. The van der Waals surface area contributed by atoms with Crippen LogP contribution in [0.15, 0.2) is 0 Å². The normalized spacial score (nSPS) is 10.5. The Morgan fingerprint density at radius 1 is 1.55 bits per heavy atom. The smallest absolute Gasteiger partial charge is 0.294 e. The molecule has 11 heavy (non-hydrogen) atoms. The summed E-state index contributed by atoms with van der Waals surface area (Å²) in [6, 6.07) is 0. The molecular formula is C5H5F2N3O. The third-order valence-corrected chi connectivity index (χ3v) is 1.19. The minimum Gasteiger partial charge on any atom is -0.294 e. The summed E-state index contributed by atoms with van der Waals surface area (Å²) in [5, 5.41) is 6.53. The molecule has 0 atom stereocenters. The second-order valence-corrected chi connectivity index (χ2v) is 1.87. The van der Waals surface area contributed by atoms with Crippen LogP contribution in [0.5, 0.6) is 0 Å². The highest BCUT2D eigenvalue weighted by atomic mass is 19.3. The summed E-state index contributed by atoms with van der Waals surface area (Å²) in [4.78, 5) is 10.1. The van der Waals surface area contributed by atoms with Gasteiger partial charge >= 0.3 is 6.55 Å². The van der Waals surface area contributed by atoms with Crippen molar-refractivity contribution in [2.45, 2.75) is 13.5 Å². The molecule has 0 saturated heterocycles. The van der Waals surface area contributed by atoms with Crippen molar-refractivity contribution in [1.29, 1.82) is 0 Å². The number of aldehydes is 1. The molecule has 0 amide bonds. The molecule has 0 spiro atoms. The van der Waals surface area contributed by atoms with Crippen molar-refractivity contribution < 1.29 is 13.6 Å². The second-order valence-electron chi connectivity index (χ2n) is 1.87. The molecule has 0 aliphatic heterocycles. The lowest BCUT2D eigenvalue weighted by Crippen LogP contribution is -2.05. The number of carbonyl (C=O) groups is 1. The van der Waals surface area contributed by atoms with E-state index in [1.807, 2.05) is 0 Å². The number of alkyl halides is 2. The molecular weight excluding hydrogens is 156 g/mol. The van der Waals surface area contributed by atoms with Crippen molar-refractivity contribution in [2.75, 3.05) is 0 Å². The van der Waals surface area contributed by atoms with E-state index in [-0.39, 0.29) is 17.9 Å². The van der Waals surface area contributed by atoms with Crippen molar-refractivity contribution >= 4 is 6.29 Å². The first-order valence-electron chi connectivity index (χ1n) is 2.81. The molecule has 1 aromatic rings. The van der Waals surface area contributed by atoms with E-state index in [0.717, 1.165) is 0 Å². The second kappa shape index (κ2) is 2.73. The Labute approximate surface area is 60.8 Å². The fourth-order valence-electron chi connectivity index (χ4n) is 0.707. The highest BCUT2D eigenvalue weighted by Gasteiger charge is 2.15. The molecule has 0 radical (unpaired) electrons. The maximum Gasteiger partial charge on any atom is 0.321 e. The van der Waals surface area contributed by atoms with Gasteiger partial charge in [-0.2, -0.15) is 8.78 Å². The number of hydrogen-bond donors (Lipinski definition) is 0. The fourth-order valence-corrected chi connectivity index (χ4v) is 0.707. The SMILES string of the molecule is Cc1nnc(C=O)n1C(F)F. The van der Waals surface area contributed by atoms with Crippen LogP contribution in [0.25, 0.3) is 0 Å². The summed E-state index contributed by atoms with van der Waals surface area (Å²) < 4.78 is 24.5. The molecule has 1 aromatic heterocycles. The standard InChI is InChI=1S/C5H5F2N3O/c1-3-8-9-4(2-11)10(3)5(6)7/h2,5H,1H3. The minimum atomic E-state index is -2.76. The Morgan fingerprint density at radius 3 is 2.55 bits per heavy atom. The molecule has 6 heteroatoms. The summed E-state index contributed by atoms with van der Waals surface area (Å²) in [6.45, 7) is -1.41. The van der Waals surface area contributed by atoms with Gasteiger partial charge in [0.1, 0.15) is 5.82 Å². The van der Waals surface area contributed by atoms with E-state index in [1.165, 1.54) is 6.92 Å². The predicted octanol–water partition coefficient (Wildman–Crippen LogP) is 0.794. The van der Waals surface area contributed by atoms with Gasteiger partial charge in [0.2, 0.25) is 5.82 Å². The number of nitrogens with zero attached hydrogens (tertiary/aromatic N) is 3. The highest BCUT2D eigenvalue weighted by Crippen LogP contribution is 2.12. The first kappa shape index (κ1) is 7.77. The molecule has 60 valence electrons. The summed E-state index contributed by atoms with van der Waals surface area (Å²) >= 11 is 0. The van der Waals surface area contributed by atoms with Gasteiger partial charge in [0, 0.05) is 0 Å². The molecule has 1 heterocycles. The maximum atomic E-state index is 12.0. The number of carbonyl (C=O) groups excluding carboxylic acids is 1. The number of rotatable bonds is 2. The third kappa shape index (κ3) is 1.24. The van der Waals surface area contributed by atoms with Gasteiger partial charge in [0.05, 0.1) is 0 Å². The van der Waals surface area contributed by atoms with Crippen LogP contribution in [0, 0.1) is 6.92 Å². The van der Waals surface area contributed by atoms with Gasteiger partial charge in [-0.15, -0.1) is 10.2 Å². The average Bonchev–Trinajstić information content (AvgIpc) is 2.30. The van der Waals surface area contributed by atoms with Gasteiger partial charge in [0.15, 0.2) is 6.29 Å². The van der Waals surface area contributed by atoms with E-state index in [2.05, 4.69) is 10.2 Å². The lowest BCUT2D eigenvalue weighted by atomic mass is 10.6. The zero-order chi connectivity index (χ0) is 8.43. The van der Waals surface area contributed by atoms with Gasteiger partial charge in [-0.1, -0.05) is 0 Å². The Hall–Kier alpha value is -1.33. The molecule has 0 aliphatic carbocycles. The molecule has 4 nitrogen and oxygen atoms in total. The number of aromatic nitrogens is 3. The summed E-state index contributed by atoms with van der Waals surface area (Å²) in [5.74, 6) is -0.320. The van der Waals surface area contributed by atoms with Gasteiger partial charge in [-0.3, -0.25) is 9.36 Å². The minimum absolute atomic E-state index is 0.0297. The van der Waals surface area contributed by atoms with Gasteiger partial charge in [0.25, 0.3) is 0 Å². The van der Waals surface area contributed by atoms with Crippen molar-refractivity contribution in [3.05, 3.63) is 11.6 Å². The summed E-state index contributed by atoms with van der Waals surface area (Å²) in [5.41, 5.74) is 0. The largest absolute Gasteiger partial charge is 0.321 e. The van der Waals surface area contributed by atoms with E-state index in [0.29, 0.717) is 4.57 Å². The van der Waals surface area contributed by atoms with E-state index < -0.39 is 6.55 Å². The molecule has 0 bridgehead atoms. The molecule has 0 unspecified atom stereocenters. The highest BCUT2D eigenvalue weighted by molar-refractivity contribution is 5.68. The molecule has 0 N–H and O–H groups in total. The average molecular weight is 161 g/mol. The van der Waals surface area contributed by atoms with Crippen LogP contribution >= 0.6 is 0 Å². The lowest BCUT2D eigenvalue weighted by molar-refractivity contribution is 0.0637. The molecule has 1 rings (SSSR count). The summed E-state index contributed by atoms with van der Waals surface area (Å²) in [6.07, 6.45) is 0.242. The lowest BCUT2D eigenvalue weighted by Gasteiger charge is -2.01. The Bertz CT molecular complexity index is 271. The third-order valence-electron chi connectivity index (χ3n) is 1.19. The zero-order valence-electron chi connectivity index (χ0n) is 5.66. The van der Waals surface area contributed by atoms with Crippen LogP contribution in [0.3, 0.4) is 0 Å². The summed E-state index contributed by atoms with van der Waals surface area (Å²) in [7, 11) is 0. The Morgan fingerprint density at radius 2 is 2.18 bits per heavy atom. The van der Waals surface area contributed by atoms with Crippen LogP contribution in [-0.4, -0.2) is 21.1 Å². The van der Waals surface area contributed by atoms with Crippen molar-refractivity contribution in [2.24, 2.45) is 0 Å². The molecule has 0 aromatic carbocycles. The van der Waals surface area contributed by atoms with Crippen LogP contribution in [-0.2, 0) is 0 Å². The van der Waals surface area contributed by atoms with Crippen molar-refractivity contribution in [3.8, 4) is 0 Å². The van der Waals surface area contributed by atoms with Crippen LogP contribution in [0.4, 0.5) is 8.78 Å². The van der Waals surface area contributed by atoms with E-state index in [1.54, 1.807) is 0 Å². The zero-order valence-corrected chi connectivity index (χ0v) is 5.66. The van der Waals surface area contributed by atoms with Gasteiger partial charge in [-0.05, 0) is 6.92 Å². The molecule has 0 aliphatic rings. The maximum absolute atomic E-state index is 12.0. The fraction of sp³-hybridized carbons (Fsp3) is 0.400. The number of halogens is 2. The van der Waals surface area contributed by atoms with Crippen LogP contribution in [0.2, 0.25) is 0 Å². The predicted molar refractivity (Wildman–Crippen MR) is 31.4 cm³/mol. The number of aryl methyl sites for hydroxylation is 1. The van der Waals surface area contributed by atoms with Crippen molar-refractivity contribution in [1.82, 2.24) is 14.8 Å². The molecule has 0 fully saturated rings. The van der Waals surface area contributed by atoms with Gasteiger partial charge in [-0.25, -0.2) is 0 Å². The van der Waals surface area contributed by atoms with Crippen LogP contribution in [0.1, 0.15) is 23.0 Å². The van der Waals surface area contributed by atoms with Gasteiger partial charge < -0.3 is 0 Å². The topological polar surface area (TPSA) is 47.8 Å². The van der Waals surface area contributed by atoms with Crippen LogP contribution < -0.4 is 0 Å². The first-order chi connectivity index (χ1) is 5.16. The van der Waals surface area contributed by atoms with E-state index >= 15 is 0 Å². The quantitative estimate of drug-likeness (QED) is 0.602. The molecule has 0 saturated carbocycles. The first-order valence-corrected chi connectivity index (χ1v) is 2.81. The van der Waals surface area contributed by atoms with Crippen molar-refractivity contribution in [3.63, 3.8) is 0 Å². The Kier molecular flexibility index (Phi) is 1.93. The van der Waals surface area contributed by atoms with E-state index in [9.17, 15) is 13.6 Å². The van der Waals surface area contributed by atoms with E-state index in [4.69, 9.17) is 0 Å². The monoisotopic (exact) mass is 161 g/mol.